The van der Waals surface area contributed by atoms with Crippen molar-refractivity contribution in [1.29, 1.82) is 0 Å². The third kappa shape index (κ3) is 2.94. The van der Waals surface area contributed by atoms with Gasteiger partial charge >= 0.3 is 0 Å². The number of piperazine rings is 1. The van der Waals surface area contributed by atoms with Crippen LogP contribution in [0.5, 0.6) is 0 Å². The summed E-state index contributed by atoms with van der Waals surface area (Å²) in [7, 11) is 0. The third-order valence-electron chi connectivity index (χ3n) is 3.83. The van der Waals surface area contributed by atoms with Gasteiger partial charge < -0.3 is 5.32 Å². The number of hydrogen-bond acceptors (Lipinski definition) is 2. The van der Waals surface area contributed by atoms with Gasteiger partial charge in [0.15, 0.2) is 0 Å². The van der Waals surface area contributed by atoms with Crippen LogP contribution in [0.15, 0.2) is 24.3 Å². The Balaban J connectivity index is 2.57. The molecule has 0 saturated carbocycles. The Morgan fingerprint density at radius 3 is 2.38 bits per heavy atom. The molecule has 114 valence electrons. The van der Waals surface area contributed by atoms with E-state index in [-0.39, 0.29) is 29.7 Å². The molecular formula is C17H24N2O2. The van der Waals surface area contributed by atoms with E-state index in [0.29, 0.717) is 0 Å². The van der Waals surface area contributed by atoms with Crippen molar-refractivity contribution in [2.45, 2.75) is 46.1 Å². The Kier molecular flexibility index (Phi) is 4.08. The number of hydrogen-bond donors (Lipinski definition) is 1. The smallest absolute Gasteiger partial charge is 0.247 e. The molecule has 1 atom stereocenters. The van der Waals surface area contributed by atoms with Gasteiger partial charge in [-0.25, -0.2) is 0 Å². The van der Waals surface area contributed by atoms with E-state index in [9.17, 15) is 9.59 Å². The highest BCUT2D eigenvalue weighted by Gasteiger charge is 2.39. The second-order valence-corrected chi connectivity index (χ2v) is 6.94. The summed E-state index contributed by atoms with van der Waals surface area (Å²) in [6, 6.07) is 7.42. The number of benzene rings is 1. The Bertz CT molecular complexity index is 558. The largest absolute Gasteiger partial charge is 0.345 e. The van der Waals surface area contributed by atoms with E-state index in [1.54, 1.807) is 4.90 Å². The molecule has 1 aromatic rings. The summed E-state index contributed by atoms with van der Waals surface area (Å²) in [5, 5.41) is 2.69. The fraction of sp³-hybridized carbons (Fsp3) is 0.529. The van der Waals surface area contributed by atoms with Gasteiger partial charge in [0.2, 0.25) is 11.8 Å². The monoisotopic (exact) mass is 288 g/mol. The van der Waals surface area contributed by atoms with E-state index < -0.39 is 6.04 Å². The molecule has 21 heavy (non-hydrogen) atoms. The average molecular weight is 288 g/mol. The van der Waals surface area contributed by atoms with Gasteiger partial charge in [-0.1, -0.05) is 52.8 Å². The van der Waals surface area contributed by atoms with Crippen LogP contribution in [0.4, 0.5) is 5.69 Å². The second-order valence-electron chi connectivity index (χ2n) is 6.94. The normalized spacial score (nSPS) is 19.9. The maximum atomic E-state index is 12.4. The van der Waals surface area contributed by atoms with Crippen molar-refractivity contribution in [2.24, 2.45) is 5.92 Å². The second kappa shape index (κ2) is 5.51. The minimum atomic E-state index is -0.449. The maximum absolute atomic E-state index is 12.4. The predicted molar refractivity (Wildman–Crippen MR) is 84.3 cm³/mol. The molecular weight excluding hydrogens is 264 g/mol. The van der Waals surface area contributed by atoms with Crippen molar-refractivity contribution < 1.29 is 9.59 Å². The molecule has 1 aliphatic rings. The molecule has 4 nitrogen and oxygen atoms in total. The summed E-state index contributed by atoms with van der Waals surface area (Å²) in [5.41, 5.74) is 1.84. The van der Waals surface area contributed by atoms with Crippen LogP contribution in [0.1, 0.15) is 40.2 Å². The number of nitrogens with one attached hydrogen (secondary N) is 1. The lowest BCUT2D eigenvalue weighted by Gasteiger charge is -2.39. The van der Waals surface area contributed by atoms with Crippen LogP contribution in [0, 0.1) is 5.92 Å². The molecule has 4 heteroatoms. The number of carbonyl (C=O) groups is 2. The predicted octanol–water partition coefficient (Wildman–Crippen LogP) is 2.47. The molecule has 0 radical (unpaired) electrons. The zero-order valence-corrected chi connectivity index (χ0v) is 13.4. The van der Waals surface area contributed by atoms with Crippen LogP contribution < -0.4 is 10.2 Å². The summed E-state index contributed by atoms with van der Waals surface area (Å²) in [6.45, 7) is 10.4. The summed E-state index contributed by atoms with van der Waals surface area (Å²) in [4.78, 5) is 26.4. The number of carbonyl (C=O) groups excluding carboxylic acids is 2. The summed E-state index contributed by atoms with van der Waals surface area (Å²) >= 11 is 0. The quantitative estimate of drug-likeness (QED) is 0.909. The number of anilines is 1. The van der Waals surface area contributed by atoms with Crippen molar-refractivity contribution >= 4 is 17.5 Å². The first-order valence-corrected chi connectivity index (χ1v) is 7.42. The van der Waals surface area contributed by atoms with Crippen LogP contribution in [-0.4, -0.2) is 24.4 Å². The minimum Gasteiger partial charge on any atom is -0.345 e. The summed E-state index contributed by atoms with van der Waals surface area (Å²) in [5.74, 6) is -0.0689. The lowest BCUT2D eigenvalue weighted by atomic mass is 9.84. The van der Waals surface area contributed by atoms with Crippen LogP contribution in [0.3, 0.4) is 0 Å². The molecule has 2 amide bonds. The van der Waals surface area contributed by atoms with Crippen molar-refractivity contribution in [3.63, 3.8) is 0 Å². The van der Waals surface area contributed by atoms with Gasteiger partial charge in [-0.05, 0) is 23.0 Å². The Morgan fingerprint density at radius 1 is 1.19 bits per heavy atom. The molecule has 0 spiro atoms. The van der Waals surface area contributed by atoms with Gasteiger partial charge in [0, 0.05) is 5.69 Å². The van der Waals surface area contributed by atoms with Crippen molar-refractivity contribution in [2.75, 3.05) is 11.4 Å². The molecule has 0 aromatic heterocycles. The van der Waals surface area contributed by atoms with Crippen LogP contribution in [0.25, 0.3) is 0 Å². The molecule has 0 aliphatic carbocycles. The third-order valence-corrected chi connectivity index (χ3v) is 3.83. The lowest BCUT2D eigenvalue weighted by molar-refractivity contribution is -0.131. The summed E-state index contributed by atoms with van der Waals surface area (Å²) < 4.78 is 0. The van der Waals surface area contributed by atoms with Gasteiger partial charge in [-0.2, -0.15) is 0 Å². The highest BCUT2D eigenvalue weighted by molar-refractivity contribution is 6.07. The van der Waals surface area contributed by atoms with E-state index in [1.165, 1.54) is 0 Å². The van der Waals surface area contributed by atoms with Gasteiger partial charge in [0.1, 0.15) is 6.04 Å². The van der Waals surface area contributed by atoms with Gasteiger partial charge in [0.25, 0.3) is 0 Å². The molecule has 1 N–H and O–H groups in total. The van der Waals surface area contributed by atoms with E-state index in [1.807, 2.05) is 38.1 Å². The van der Waals surface area contributed by atoms with Crippen molar-refractivity contribution in [3.05, 3.63) is 29.8 Å². The van der Waals surface area contributed by atoms with E-state index in [4.69, 9.17) is 0 Å². The zero-order chi connectivity index (χ0) is 15.8. The lowest BCUT2D eigenvalue weighted by Crippen LogP contribution is -2.61. The van der Waals surface area contributed by atoms with E-state index >= 15 is 0 Å². The number of para-hydroxylation sites is 1. The molecule has 1 unspecified atom stereocenters. The molecule has 1 heterocycles. The average Bonchev–Trinajstić information content (AvgIpc) is 2.39. The van der Waals surface area contributed by atoms with E-state index in [0.717, 1.165) is 11.3 Å². The molecule has 1 fully saturated rings. The van der Waals surface area contributed by atoms with Crippen LogP contribution in [-0.2, 0) is 15.0 Å². The molecule has 1 aliphatic heterocycles. The standard InChI is InChI=1S/C17H24N2O2/c1-11(2)15-16(21)18-10-14(20)19(15)13-9-7-6-8-12(13)17(3,4)5/h6-9,11,15H,10H2,1-5H3,(H,18,21). The Morgan fingerprint density at radius 2 is 1.81 bits per heavy atom. The first-order chi connectivity index (χ1) is 9.73. The topological polar surface area (TPSA) is 49.4 Å². The Hall–Kier alpha value is -1.84. The molecule has 1 aromatic carbocycles. The summed E-state index contributed by atoms with van der Waals surface area (Å²) in [6.07, 6.45) is 0. The van der Waals surface area contributed by atoms with Gasteiger partial charge in [-0.15, -0.1) is 0 Å². The molecule has 1 saturated heterocycles. The van der Waals surface area contributed by atoms with Crippen molar-refractivity contribution in [3.8, 4) is 0 Å². The maximum Gasteiger partial charge on any atom is 0.247 e. The highest BCUT2D eigenvalue weighted by atomic mass is 16.2. The highest BCUT2D eigenvalue weighted by Crippen LogP contribution is 2.34. The molecule has 2 rings (SSSR count). The first-order valence-electron chi connectivity index (χ1n) is 7.42. The first kappa shape index (κ1) is 15.5. The number of nitrogens with zero attached hydrogens (tertiary/aromatic N) is 1. The van der Waals surface area contributed by atoms with Crippen LogP contribution in [0.2, 0.25) is 0 Å². The zero-order valence-electron chi connectivity index (χ0n) is 13.4. The van der Waals surface area contributed by atoms with Gasteiger partial charge in [0.05, 0.1) is 6.54 Å². The minimum absolute atomic E-state index is 0.0509. The fourth-order valence-corrected chi connectivity index (χ4v) is 2.83. The molecule has 0 bridgehead atoms. The fourth-order valence-electron chi connectivity index (χ4n) is 2.83. The van der Waals surface area contributed by atoms with Crippen molar-refractivity contribution in [1.82, 2.24) is 5.32 Å². The van der Waals surface area contributed by atoms with Crippen LogP contribution >= 0.6 is 0 Å². The van der Waals surface area contributed by atoms with Gasteiger partial charge in [-0.3, -0.25) is 14.5 Å². The number of amides is 2. The SMILES string of the molecule is CC(C)C1C(=O)NCC(=O)N1c1ccccc1C(C)(C)C. The van der Waals surface area contributed by atoms with E-state index in [2.05, 4.69) is 26.1 Å². The Labute approximate surface area is 126 Å². The number of rotatable bonds is 2.